The highest BCUT2D eigenvalue weighted by Crippen LogP contribution is 2.33. The maximum Gasteiger partial charge on any atom is 0.232 e. The average molecular weight is 454 g/mol. The predicted octanol–water partition coefficient (Wildman–Crippen LogP) is 2.55. The van der Waals surface area contributed by atoms with Crippen molar-refractivity contribution in [2.24, 2.45) is 0 Å². The van der Waals surface area contributed by atoms with Gasteiger partial charge in [-0.25, -0.2) is 4.98 Å². The maximum absolute atomic E-state index is 11.2. The number of nitrogens with zero attached hydrogens (tertiary/aromatic N) is 4. The number of carbonyl (C=O) groups is 1. The zero-order valence-electron chi connectivity index (χ0n) is 17.6. The highest BCUT2D eigenvalue weighted by atomic mass is 32.1. The molecule has 3 aromatic rings. The van der Waals surface area contributed by atoms with Crippen LogP contribution in [-0.2, 0) is 6.54 Å². The minimum atomic E-state index is 0.253. The van der Waals surface area contributed by atoms with Crippen LogP contribution in [0.2, 0.25) is 0 Å². The van der Waals surface area contributed by atoms with Gasteiger partial charge in [0.2, 0.25) is 12.7 Å². The van der Waals surface area contributed by atoms with Crippen molar-refractivity contribution in [3.05, 3.63) is 40.4 Å². The molecule has 32 heavy (non-hydrogen) atoms. The first-order chi connectivity index (χ1) is 15.7. The lowest BCUT2D eigenvalue weighted by Gasteiger charge is -2.28. The largest absolute Gasteiger partial charge is 0.454 e. The van der Waals surface area contributed by atoms with E-state index >= 15 is 0 Å². The fraction of sp³-hybridized carbons (Fsp3) is 0.333. The number of nitrogens with one attached hydrogen (secondary N) is 3. The Morgan fingerprint density at radius 1 is 1.16 bits per heavy atom. The molecule has 0 saturated carbocycles. The number of anilines is 4. The Hall–Kier alpha value is -3.44. The molecule has 10 nitrogen and oxygen atoms in total. The van der Waals surface area contributed by atoms with Gasteiger partial charge in [-0.05, 0) is 24.6 Å². The lowest BCUT2D eigenvalue weighted by atomic mass is 10.2. The van der Waals surface area contributed by atoms with Crippen LogP contribution in [0.5, 0.6) is 11.5 Å². The van der Waals surface area contributed by atoms with Crippen molar-refractivity contribution in [3.63, 3.8) is 0 Å². The molecule has 0 bridgehead atoms. The van der Waals surface area contributed by atoms with E-state index in [0.29, 0.717) is 34.0 Å². The number of fused-ring (bicyclic) bond motifs is 1. The lowest BCUT2D eigenvalue weighted by Crippen LogP contribution is -2.44. The number of aldehydes is 1. The van der Waals surface area contributed by atoms with Gasteiger partial charge >= 0.3 is 0 Å². The Morgan fingerprint density at radius 3 is 2.81 bits per heavy atom. The third-order valence-corrected chi connectivity index (χ3v) is 6.22. The van der Waals surface area contributed by atoms with E-state index in [1.54, 1.807) is 0 Å². The molecule has 0 spiro atoms. The van der Waals surface area contributed by atoms with Crippen LogP contribution in [0.4, 0.5) is 22.7 Å². The Kier molecular flexibility index (Phi) is 5.73. The zero-order valence-corrected chi connectivity index (χ0v) is 18.4. The number of thiazole rings is 1. The van der Waals surface area contributed by atoms with E-state index in [1.165, 1.54) is 11.3 Å². The topological polar surface area (TPSA) is 114 Å². The molecule has 0 amide bonds. The van der Waals surface area contributed by atoms with Gasteiger partial charge < -0.3 is 25.0 Å². The first kappa shape index (κ1) is 20.5. The summed E-state index contributed by atoms with van der Waals surface area (Å²) in [5, 5.41) is 10.5. The summed E-state index contributed by atoms with van der Waals surface area (Å²) in [5.74, 6) is 3.47. The number of ether oxygens (including phenoxy) is 2. The van der Waals surface area contributed by atoms with E-state index in [-0.39, 0.29) is 6.79 Å². The summed E-state index contributed by atoms with van der Waals surface area (Å²) >= 11 is 1.28. The van der Waals surface area contributed by atoms with Crippen LogP contribution < -0.4 is 30.3 Å². The van der Waals surface area contributed by atoms with Gasteiger partial charge in [-0.1, -0.05) is 17.4 Å². The normalized spacial score (nSPS) is 15.0. The van der Waals surface area contributed by atoms with Gasteiger partial charge in [0.25, 0.3) is 0 Å². The SMILES string of the molecule is Cc1nc(Nc2nc(NCc3ccc4c(c3)OCO4)cc(N3CCNCC3)n2)sc1C=O. The molecule has 0 radical (unpaired) electrons. The highest BCUT2D eigenvalue weighted by Gasteiger charge is 2.17. The van der Waals surface area contributed by atoms with E-state index in [0.717, 1.165) is 55.3 Å². The molecular formula is C21H23N7O3S. The second-order valence-corrected chi connectivity index (χ2v) is 8.46. The molecule has 4 heterocycles. The number of hydrogen-bond acceptors (Lipinski definition) is 11. The molecule has 3 N–H and O–H groups in total. The number of hydrogen-bond donors (Lipinski definition) is 3. The number of carbonyl (C=O) groups excluding carboxylic acids is 1. The number of aromatic nitrogens is 3. The van der Waals surface area contributed by atoms with Gasteiger partial charge in [0.1, 0.15) is 11.6 Å². The Balaban J connectivity index is 1.38. The average Bonchev–Trinajstić information content (AvgIpc) is 3.43. The number of benzene rings is 1. The zero-order chi connectivity index (χ0) is 21.9. The van der Waals surface area contributed by atoms with E-state index in [9.17, 15) is 4.79 Å². The number of piperazine rings is 1. The molecule has 1 aromatic carbocycles. The van der Waals surface area contributed by atoms with Gasteiger partial charge in [0.15, 0.2) is 22.9 Å². The van der Waals surface area contributed by atoms with Crippen molar-refractivity contribution in [1.29, 1.82) is 0 Å². The first-order valence-electron chi connectivity index (χ1n) is 10.3. The fourth-order valence-corrected chi connectivity index (χ4v) is 4.32. The van der Waals surface area contributed by atoms with Crippen molar-refractivity contribution >= 4 is 40.3 Å². The summed E-state index contributed by atoms with van der Waals surface area (Å²) in [4.78, 5) is 27.7. The molecule has 0 atom stereocenters. The van der Waals surface area contributed by atoms with Crippen LogP contribution in [0.15, 0.2) is 24.3 Å². The van der Waals surface area contributed by atoms with Crippen molar-refractivity contribution in [3.8, 4) is 11.5 Å². The molecule has 2 aliphatic heterocycles. The van der Waals surface area contributed by atoms with Gasteiger partial charge in [-0.15, -0.1) is 0 Å². The molecule has 2 aromatic heterocycles. The standard InChI is InChI=1S/C21H23N7O3S/c1-13-17(11-29)32-21(24-13)27-20-25-18(9-19(26-20)28-6-4-22-5-7-28)23-10-14-2-3-15-16(8-14)31-12-30-15/h2-3,8-9,11,22H,4-7,10,12H2,1H3,(H2,23,24,25,26,27). The predicted molar refractivity (Wildman–Crippen MR) is 123 cm³/mol. The second kappa shape index (κ2) is 8.97. The summed E-state index contributed by atoms with van der Waals surface area (Å²) in [7, 11) is 0. The quantitative estimate of drug-likeness (QED) is 0.461. The van der Waals surface area contributed by atoms with Crippen molar-refractivity contribution in [2.75, 3.05) is 48.5 Å². The Bertz CT molecular complexity index is 1130. The molecule has 11 heteroatoms. The maximum atomic E-state index is 11.2. The summed E-state index contributed by atoms with van der Waals surface area (Å²) in [6.07, 6.45) is 0.814. The molecule has 1 fully saturated rings. The van der Waals surface area contributed by atoms with Gasteiger partial charge in [0, 0.05) is 38.8 Å². The van der Waals surface area contributed by atoms with Crippen molar-refractivity contribution in [2.45, 2.75) is 13.5 Å². The molecule has 0 unspecified atom stereocenters. The van der Waals surface area contributed by atoms with Gasteiger partial charge in [0.05, 0.1) is 10.6 Å². The van der Waals surface area contributed by atoms with Crippen LogP contribution in [0.1, 0.15) is 20.9 Å². The van der Waals surface area contributed by atoms with Gasteiger partial charge in [-0.3, -0.25) is 10.1 Å². The van der Waals surface area contributed by atoms with Crippen molar-refractivity contribution < 1.29 is 14.3 Å². The van der Waals surface area contributed by atoms with Crippen LogP contribution >= 0.6 is 11.3 Å². The van der Waals surface area contributed by atoms with Crippen molar-refractivity contribution in [1.82, 2.24) is 20.3 Å². The number of rotatable bonds is 7. The third-order valence-electron chi connectivity index (χ3n) is 5.22. The summed E-state index contributed by atoms with van der Waals surface area (Å²) in [6.45, 7) is 6.17. The molecular weight excluding hydrogens is 430 g/mol. The molecule has 0 aliphatic carbocycles. The minimum absolute atomic E-state index is 0.253. The lowest BCUT2D eigenvalue weighted by molar-refractivity contribution is 0.112. The van der Waals surface area contributed by atoms with E-state index in [4.69, 9.17) is 14.5 Å². The Labute approximate surface area is 189 Å². The van der Waals surface area contributed by atoms with Gasteiger partial charge in [-0.2, -0.15) is 9.97 Å². The smallest absolute Gasteiger partial charge is 0.232 e. The molecule has 5 rings (SSSR count). The summed E-state index contributed by atoms with van der Waals surface area (Å²) in [6, 6.07) is 7.82. The van der Waals surface area contributed by atoms with Crippen LogP contribution in [0.3, 0.4) is 0 Å². The first-order valence-corrected chi connectivity index (χ1v) is 11.2. The fourth-order valence-electron chi connectivity index (χ4n) is 3.55. The number of aryl methyl sites for hydroxylation is 1. The minimum Gasteiger partial charge on any atom is -0.454 e. The monoisotopic (exact) mass is 453 g/mol. The van der Waals surface area contributed by atoms with E-state index < -0.39 is 0 Å². The third kappa shape index (κ3) is 4.43. The van der Waals surface area contributed by atoms with E-state index in [2.05, 4.69) is 30.8 Å². The van der Waals surface area contributed by atoms with Crippen LogP contribution in [0, 0.1) is 6.92 Å². The second-order valence-electron chi connectivity index (χ2n) is 7.42. The highest BCUT2D eigenvalue weighted by molar-refractivity contribution is 7.17. The molecule has 2 aliphatic rings. The summed E-state index contributed by atoms with van der Waals surface area (Å²) < 4.78 is 10.8. The molecule has 166 valence electrons. The Morgan fingerprint density at radius 2 is 2.00 bits per heavy atom. The molecule has 1 saturated heterocycles. The van der Waals surface area contributed by atoms with Crippen LogP contribution in [0.25, 0.3) is 0 Å². The summed E-state index contributed by atoms with van der Waals surface area (Å²) in [5.41, 5.74) is 1.74. The van der Waals surface area contributed by atoms with Crippen LogP contribution in [-0.4, -0.2) is 54.2 Å². The van der Waals surface area contributed by atoms with E-state index in [1.807, 2.05) is 31.2 Å².